The molecule has 0 spiro atoms. The number of benzene rings is 1. The summed E-state index contributed by atoms with van der Waals surface area (Å²) in [6.07, 6.45) is 4.54. The zero-order valence-corrected chi connectivity index (χ0v) is 10.2. The normalized spacial score (nSPS) is 17.5. The average molecular weight is 256 g/mol. The number of aliphatic imine (C=N–C) groups is 1. The van der Waals surface area contributed by atoms with Crippen molar-refractivity contribution >= 4 is 17.4 Å². The van der Waals surface area contributed by atoms with E-state index in [1.165, 1.54) is 25.0 Å². The molecule has 0 saturated heterocycles. The minimum Gasteiger partial charge on any atom is -0.308 e. The van der Waals surface area contributed by atoms with Gasteiger partial charge >= 0.3 is 0 Å². The lowest BCUT2D eigenvalue weighted by atomic mass is 10.2. The first-order valence-electron chi connectivity index (χ1n) is 5.70. The molecule has 0 unspecified atom stereocenters. The van der Waals surface area contributed by atoms with E-state index in [9.17, 15) is 4.39 Å². The van der Waals surface area contributed by atoms with Gasteiger partial charge in [0.15, 0.2) is 0 Å². The summed E-state index contributed by atoms with van der Waals surface area (Å²) in [4.78, 5) is 4.53. The Balaban J connectivity index is 2.27. The maximum Gasteiger partial charge on any atom is 0.144 e. The fourth-order valence-electron chi connectivity index (χ4n) is 2.08. The molecule has 0 aromatic heterocycles. The van der Waals surface area contributed by atoms with Gasteiger partial charge in [-0.05, 0) is 31.0 Å². The molecule has 92 valence electrons. The van der Waals surface area contributed by atoms with Crippen molar-refractivity contribution in [3.8, 4) is 0 Å². The average Bonchev–Trinajstić information content (AvgIpc) is 2.79. The second kappa shape index (κ2) is 5.47. The third-order valence-electron chi connectivity index (χ3n) is 2.96. The second-order valence-corrected chi connectivity index (χ2v) is 4.59. The molecule has 1 fully saturated rings. The molecular formula is C12H15ClFN3. The number of hydrazine groups is 1. The fraction of sp³-hybridized carbons (Fsp3) is 0.417. The first-order valence-corrected chi connectivity index (χ1v) is 6.08. The second-order valence-electron chi connectivity index (χ2n) is 4.18. The first-order chi connectivity index (χ1) is 8.20. The summed E-state index contributed by atoms with van der Waals surface area (Å²) in [5.74, 6) is 5.62. The molecule has 2 rings (SSSR count). The lowest BCUT2D eigenvalue weighted by molar-refractivity contribution is 0.627. The quantitative estimate of drug-likeness (QED) is 0.369. The zero-order chi connectivity index (χ0) is 12.3. The van der Waals surface area contributed by atoms with Gasteiger partial charge in [0.2, 0.25) is 0 Å². The van der Waals surface area contributed by atoms with Gasteiger partial charge in [0, 0.05) is 5.56 Å². The van der Waals surface area contributed by atoms with Gasteiger partial charge in [-0.15, -0.1) is 0 Å². The van der Waals surface area contributed by atoms with Crippen LogP contribution in [0.3, 0.4) is 0 Å². The number of amidine groups is 1. The van der Waals surface area contributed by atoms with Crippen molar-refractivity contribution in [2.24, 2.45) is 10.8 Å². The summed E-state index contributed by atoms with van der Waals surface area (Å²) >= 11 is 5.97. The van der Waals surface area contributed by atoms with Gasteiger partial charge in [-0.25, -0.2) is 10.2 Å². The number of rotatable bonds is 2. The number of hydrogen-bond acceptors (Lipinski definition) is 2. The monoisotopic (exact) mass is 255 g/mol. The molecule has 3 nitrogen and oxygen atoms in total. The largest absolute Gasteiger partial charge is 0.308 e. The van der Waals surface area contributed by atoms with Gasteiger partial charge < -0.3 is 5.43 Å². The minimum atomic E-state index is -0.365. The molecule has 3 N–H and O–H groups in total. The third-order valence-corrected chi connectivity index (χ3v) is 3.27. The van der Waals surface area contributed by atoms with E-state index in [1.54, 1.807) is 6.07 Å². The van der Waals surface area contributed by atoms with E-state index in [0.29, 0.717) is 22.5 Å². The maximum absolute atomic E-state index is 12.9. The van der Waals surface area contributed by atoms with Crippen LogP contribution in [0.15, 0.2) is 23.2 Å². The first kappa shape index (κ1) is 12.3. The number of hydrogen-bond donors (Lipinski definition) is 2. The van der Waals surface area contributed by atoms with Crippen molar-refractivity contribution in [3.63, 3.8) is 0 Å². The van der Waals surface area contributed by atoms with Crippen LogP contribution in [-0.2, 0) is 0 Å². The Morgan fingerprint density at radius 3 is 2.71 bits per heavy atom. The van der Waals surface area contributed by atoms with Crippen LogP contribution < -0.4 is 11.3 Å². The van der Waals surface area contributed by atoms with Crippen LogP contribution in [0.5, 0.6) is 0 Å². The van der Waals surface area contributed by atoms with Crippen molar-refractivity contribution in [1.29, 1.82) is 0 Å². The molecule has 1 aliphatic carbocycles. The lowest BCUT2D eigenvalue weighted by Gasteiger charge is -2.11. The van der Waals surface area contributed by atoms with Crippen LogP contribution in [0.4, 0.5) is 4.39 Å². The summed E-state index contributed by atoms with van der Waals surface area (Å²) in [6.45, 7) is 0. The van der Waals surface area contributed by atoms with Crippen LogP contribution in [0, 0.1) is 5.82 Å². The molecule has 0 amide bonds. The molecule has 1 aromatic rings. The third kappa shape index (κ3) is 2.96. The molecule has 0 bridgehead atoms. The number of nitrogens with two attached hydrogens (primary N) is 1. The Labute approximate surface area is 105 Å². The van der Waals surface area contributed by atoms with E-state index in [2.05, 4.69) is 10.4 Å². The molecular weight excluding hydrogens is 241 g/mol. The summed E-state index contributed by atoms with van der Waals surface area (Å²) in [6, 6.07) is 4.49. The van der Waals surface area contributed by atoms with E-state index >= 15 is 0 Å². The lowest BCUT2D eigenvalue weighted by Crippen LogP contribution is -2.32. The molecule has 0 atom stereocenters. The van der Waals surface area contributed by atoms with E-state index in [4.69, 9.17) is 17.4 Å². The van der Waals surface area contributed by atoms with Gasteiger partial charge in [-0.3, -0.25) is 4.99 Å². The Morgan fingerprint density at radius 2 is 2.12 bits per heavy atom. The Hall–Kier alpha value is -1.13. The van der Waals surface area contributed by atoms with Gasteiger partial charge in [0.05, 0.1) is 11.1 Å². The van der Waals surface area contributed by atoms with Crippen LogP contribution in [0.1, 0.15) is 31.2 Å². The highest BCUT2D eigenvalue weighted by molar-refractivity contribution is 6.34. The SMILES string of the molecule is NNC(=NC1CCCC1)c1ccc(F)cc1Cl. The fourth-order valence-corrected chi connectivity index (χ4v) is 2.34. The molecule has 1 saturated carbocycles. The number of halogens is 2. The highest BCUT2D eigenvalue weighted by Crippen LogP contribution is 2.23. The molecule has 0 aliphatic heterocycles. The number of nitrogens with one attached hydrogen (secondary N) is 1. The Morgan fingerprint density at radius 1 is 1.41 bits per heavy atom. The maximum atomic E-state index is 12.9. The molecule has 0 radical (unpaired) electrons. The van der Waals surface area contributed by atoms with Crippen molar-refractivity contribution < 1.29 is 4.39 Å². The predicted molar refractivity (Wildman–Crippen MR) is 67.5 cm³/mol. The van der Waals surface area contributed by atoms with Crippen LogP contribution in [0.2, 0.25) is 5.02 Å². The van der Waals surface area contributed by atoms with Crippen molar-refractivity contribution in [3.05, 3.63) is 34.6 Å². The Kier molecular flexibility index (Phi) is 3.97. The Bertz CT molecular complexity index is 428. The topological polar surface area (TPSA) is 50.4 Å². The summed E-state index contributed by atoms with van der Waals surface area (Å²) in [5, 5.41) is 0.319. The smallest absolute Gasteiger partial charge is 0.144 e. The van der Waals surface area contributed by atoms with Crippen LogP contribution in [-0.4, -0.2) is 11.9 Å². The van der Waals surface area contributed by atoms with E-state index < -0.39 is 0 Å². The summed E-state index contributed by atoms with van der Waals surface area (Å²) in [5.41, 5.74) is 3.19. The molecule has 0 heterocycles. The van der Waals surface area contributed by atoms with Crippen LogP contribution in [0.25, 0.3) is 0 Å². The van der Waals surface area contributed by atoms with Gasteiger partial charge in [0.25, 0.3) is 0 Å². The van der Waals surface area contributed by atoms with Crippen molar-refractivity contribution in [1.82, 2.24) is 5.43 Å². The van der Waals surface area contributed by atoms with Gasteiger partial charge in [0.1, 0.15) is 11.7 Å². The van der Waals surface area contributed by atoms with Gasteiger partial charge in [-0.2, -0.15) is 0 Å². The predicted octanol–water partition coefficient (Wildman–Crippen LogP) is 2.63. The standard InChI is InChI=1S/C12H15ClFN3/c13-11-7-8(14)5-6-10(11)12(17-15)16-9-3-1-2-4-9/h5-7,9H,1-4,15H2,(H,16,17). The van der Waals surface area contributed by atoms with E-state index in [1.807, 2.05) is 0 Å². The number of nitrogens with zero attached hydrogens (tertiary/aromatic N) is 1. The zero-order valence-electron chi connectivity index (χ0n) is 9.42. The highest BCUT2D eigenvalue weighted by atomic mass is 35.5. The minimum absolute atomic E-state index is 0.294. The van der Waals surface area contributed by atoms with Crippen LogP contribution >= 0.6 is 11.6 Å². The molecule has 1 aliphatic rings. The summed E-state index contributed by atoms with van der Waals surface area (Å²) in [7, 11) is 0. The van der Waals surface area contributed by atoms with E-state index in [0.717, 1.165) is 12.8 Å². The van der Waals surface area contributed by atoms with Crippen molar-refractivity contribution in [2.45, 2.75) is 31.7 Å². The molecule has 5 heteroatoms. The highest BCUT2D eigenvalue weighted by Gasteiger charge is 2.16. The van der Waals surface area contributed by atoms with Gasteiger partial charge in [-0.1, -0.05) is 24.4 Å². The van der Waals surface area contributed by atoms with Crippen molar-refractivity contribution in [2.75, 3.05) is 0 Å². The van der Waals surface area contributed by atoms with E-state index in [-0.39, 0.29) is 5.82 Å². The molecule has 17 heavy (non-hydrogen) atoms. The molecule has 1 aromatic carbocycles. The summed E-state index contributed by atoms with van der Waals surface area (Å²) < 4.78 is 12.9.